The number of alkyl halides is 1. The standard InChI is InChI=1S/C10H22BrNO2S/c1-9(2)6-8-15(13,14)12(4)7-5-10(3)11/h9-10H,5-8H2,1-4H3. The first kappa shape index (κ1) is 15.4. The fourth-order valence-corrected chi connectivity index (χ4v) is 2.71. The molecule has 0 rings (SSSR count). The summed E-state index contributed by atoms with van der Waals surface area (Å²) in [6.45, 7) is 6.69. The molecule has 92 valence electrons. The van der Waals surface area contributed by atoms with Gasteiger partial charge in [-0.15, -0.1) is 0 Å². The highest BCUT2D eigenvalue weighted by Gasteiger charge is 2.17. The maximum absolute atomic E-state index is 11.8. The van der Waals surface area contributed by atoms with Gasteiger partial charge in [-0.05, 0) is 18.8 Å². The smallest absolute Gasteiger partial charge is 0.212 e. The minimum atomic E-state index is -3.04. The van der Waals surface area contributed by atoms with E-state index in [2.05, 4.69) is 15.9 Å². The Balaban J connectivity index is 4.09. The molecule has 0 bridgehead atoms. The number of nitrogens with zero attached hydrogens (tertiary/aromatic N) is 1. The lowest BCUT2D eigenvalue weighted by Crippen LogP contribution is -2.31. The highest BCUT2D eigenvalue weighted by atomic mass is 79.9. The van der Waals surface area contributed by atoms with Crippen LogP contribution in [0, 0.1) is 5.92 Å². The van der Waals surface area contributed by atoms with Gasteiger partial charge in [-0.3, -0.25) is 0 Å². The number of hydrogen-bond donors (Lipinski definition) is 0. The van der Waals surface area contributed by atoms with E-state index in [1.807, 2.05) is 20.8 Å². The van der Waals surface area contributed by atoms with Crippen molar-refractivity contribution in [3.05, 3.63) is 0 Å². The van der Waals surface area contributed by atoms with E-state index < -0.39 is 10.0 Å². The van der Waals surface area contributed by atoms with Gasteiger partial charge in [0, 0.05) is 18.4 Å². The number of rotatable bonds is 7. The van der Waals surface area contributed by atoms with Crippen molar-refractivity contribution < 1.29 is 8.42 Å². The monoisotopic (exact) mass is 299 g/mol. The second-order valence-electron chi connectivity index (χ2n) is 4.39. The van der Waals surface area contributed by atoms with E-state index in [-0.39, 0.29) is 5.75 Å². The van der Waals surface area contributed by atoms with Crippen LogP contribution in [0.2, 0.25) is 0 Å². The van der Waals surface area contributed by atoms with Crippen molar-refractivity contribution in [3.8, 4) is 0 Å². The van der Waals surface area contributed by atoms with Gasteiger partial charge in [0.15, 0.2) is 0 Å². The van der Waals surface area contributed by atoms with Crippen molar-refractivity contribution >= 4 is 26.0 Å². The Morgan fingerprint density at radius 3 is 2.13 bits per heavy atom. The Hall–Kier alpha value is 0.390. The topological polar surface area (TPSA) is 37.4 Å². The predicted octanol–water partition coefficient (Wildman–Crippen LogP) is 2.47. The van der Waals surface area contributed by atoms with E-state index in [4.69, 9.17) is 0 Å². The van der Waals surface area contributed by atoms with Crippen LogP contribution in [0.1, 0.15) is 33.6 Å². The van der Waals surface area contributed by atoms with Crippen molar-refractivity contribution in [2.24, 2.45) is 5.92 Å². The SMILES string of the molecule is CC(C)CCS(=O)(=O)N(C)CCC(C)Br. The lowest BCUT2D eigenvalue weighted by atomic mass is 10.2. The zero-order valence-corrected chi connectivity index (χ0v) is 12.4. The minimum Gasteiger partial charge on any atom is -0.212 e. The van der Waals surface area contributed by atoms with Gasteiger partial charge >= 0.3 is 0 Å². The third kappa shape index (κ3) is 7.30. The molecule has 5 heteroatoms. The van der Waals surface area contributed by atoms with Crippen LogP contribution in [0.15, 0.2) is 0 Å². The van der Waals surface area contributed by atoms with Crippen LogP contribution >= 0.6 is 15.9 Å². The summed E-state index contributed by atoms with van der Waals surface area (Å²) in [5.41, 5.74) is 0. The molecule has 0 aliphatic heterocycles. The third-order valence-electron chi connectivity index (χ3n) is 2.27. The van der Waals surface area contributed by atoms with E-state index >= 15 is 0 Å². The second kappa shape index (κ2) is 6.86. The summed E-state index contributed by atoms with van der Waals surface area (Å²) in [6, 6.07) is 0. The largest absolute Gasteiger partial charge is 0.213 e. The van der Waals surface area contributed by atoms with Gasteiger partial charge in [-0.1, -0.05) is 36.7 Å². The average molecular weight is 300 g/mol. The molecule has 0 amide bonds. The fraction of sp³-hybridized carbons (Fsp3) is 1.00. The Labute approximate surface area is 102 Å². The maximum Gasteiger partial charge on any atom is 0.213 e. The predicted molar refractivity (Wildman–Crippen MR) is 68.9 cm³/mol. The molecule has 15 heavy (non-hydrogen) atoms. The molecule has 0 fully saturated rings. The molecular formula is C10H22BrNO2S. The van der Waals surface area contributed by atoms with Crippen LogP contribution in [-0.4, -0.2) is 36.9 Å². The molecule has 0 spiro atoms. The van der Waals surface area contributed by atoms with Crippen molar-refractivity contribution in [2.45, 2.75) is 38.4 Å². The molecule has 0 aromatic rings. The summed E-state index contributed by atoms with van der Waals surface area (Å²) in [5, 5.41) is 0. The number of halogens is 1. The summed E-state index contributed by atoms with van der Waals surface area (Å²) in [4.78, 5) is 0.361. The van der Waals surface area contributed by atoms with Crippen LogP contribution in [0.25, 0.3) is 0 Å². The molecule has 0 aliphatic carbocycles. The van der Waals surface area contributed by atoms with Crippen molar-refractivity contribution in [1.82, 2.24) is 4.31 Å². The van der Waals surface area contributed by atoms with E-state index in [0.717, 1.165) is 12.8 Å². The van der Waals surface area contributed by atoms with Crippen LogP contribution in [0.3, 0.4) is 0 Å². The Kier molecular flexibility index (Phi) is 7.04. The highest BCUT2D eigenvalue weighted by Crippen LogP contribution is 2.09. The summed E-state index contributed by atoms with van der Waals surface area (Å²) in [6.07, 6.45) is 1.58. The number of hydrogen-bond acceptors (Lipinski definition) is 2. The molecule has 0 aromatic heterocycles. The Morgan fingerprint density at radius 1 is 1.20 bits per heavy atom. The quantitative estimate of drug-likeness (QED) is 0.677. The molecule has 0 saturated heterocycles. The summed E-state index contributed by atoms with van der Waals surface area (Å²) < 4.78 is 25.0. The molecule has 0 heterocycles. The second-order valence-corrected chi connectivity index (χ2v) is 8.15. The van der Waals surface area contributed by atoms with Crippen LogP contribution in [0.4, 0.5) is 0 Å². The van der Waals surface area contributed by atoms with Gasteiger partial charge in [-0.2, -0.15) is 0 Å². The summed E-state index contributed by atoms with van der Waals surface area (Å²) in [5.74, 6) is 0.695. The first-order chi connectivity index (χ1) is 6.75. The first-order valence-electron chi connectivity index (χ1n) is 5.33. The normalized spacial score (nSPS) is 14.9. The van der Waals surface area contributed by atoms with Gasteiger partial charge in [0.25, 0.3) is 0 Å². The maximum atomic E-state index is 11.8. The molecule has 3 nitrogen and oxygen atoms in total. The van der Waals surface area contributed by atoms with E-state index in [1.165, 1.54) is 4.31 Å². The van der Waals surface area contributed by atoms with Crippen molar-refractivity contribution in [1.29, 1.82) is 0 Å². The molecule has 0 aromatic carbocycles. The third-order valence-corrected chi connectivity index (χ3v) is 4.61. The van der Waals surface area contributed by atoms with E-state index in [9.17, 15) is 8.42 Å². The Morgan fingerprint density at radius 2 is 1.73 bits per heavy atom. The summed E-state index contributed by atoms with van der Waals surface area (Å²) >= 11 is 3.41. The molecule has 1 unspecified atom stereocenters. The van der Waals surface area contributed by atoms with Gasteiger partial charge in [-0.25, -0.2) is 12.7 Å². The van der Waals surface area contributed by atoms with Crippen LogP contribution < -0.4 is 0 Å². The fourth-order valence-electron chi connectivity index (χ4n) is 1.04. The van der Waals surface area contributed by atoms with Crippen LogP contribution in [0.5, 0.6) is 0 Å². The van der Waals surface area contributed by atoms with Crippen molar-refractivity contribution in [3.63, 3.8) is 0 Å². The minimum absolute atomic E-state index is 0.262. The molecule has 0 aliphatic rings. The average Bonchev–Trinajstić information content (AvgIpc) is 2.11. The van der Waals surface area contributed by atoms with Gasteiger partial charge in [0.05, 0.1) is 5.75 Å². The molecule has 0 saturated carbocycles. The lowest BCUT2D eigenvalue weighted by Gasteiger charge is -2.18. The first-order valence-corrected chi connectivity index (χ1v) is 7.86. The van der Waals surface area contributed by atoms with Gasteiger partial charge in [0.1, 0.15) is 0 Å². The zero-order chi connectivity index (χ0) is 12.1. The highest BCUT2D eigenvalue weighted by molar-refractivity contribution is 9.09. The summed E-state index contributed by atoms with van der Waals surface area (Å²) in [7, 11) is -1.38. The van der Waals surface area contributed by atoms with Crippen LogP contribution in [-0.2, 0) is 10.0 Å². The lowest BCUT2D eigenvalue weighted by molar-refractivity contribution is 0.456. The molecule has 0 N–H and O–H groups in total. The Bertz CT molecular complexity index is 263. The van der Waals surface area contributed by atoms with E-state index in [0.29, 0.717) is 17.3 Å². The van der Waals surface area contributed by atoms with Gasteiger partial charge < -0.3 is 0 Å². The molecule has 1 atom stereocenters. The number of sulfonamides is 1. The zero-order valence-electron chi connectivity index (χ0n) is 10.0. The molecular weight excluding hydrogens is 278 g/mol. The van der Waals surface area contributed by atoms with Gasteiger partial charge in [0.2, 0.25) is 10.0 Å². The van der Waals surface area contributed by atoms with E-state index in [1.54, 1.807) is 7.05 Å². The van der Waals surface area contributed by atoms with Crippen molar-refractivity contribution in [2.75, 3.05) is 19.3 Å². The molecule has 0 radical (unpaired) electrons.